The van der Waals surface area contributed by atoms with Crippen molar-refractivity contribution in [1.29, 1.82) is 0 Å². The molecule has 2 aliphatic rings. The summed E-state index contributed by atoms with van der Waals surface area (Å²) in [5, 5.41) is 3.00. The van der Waals surface area contributed by atoms with Gasteiger partial charge in [0.2, 0.25) is 0 Å². The molecule has 1 aromatic heterocycles. The highest BCUT2D eigenvalue weighted by Gasteiger charge is 2.36. The van der Waals surface area contributed by atoms with E-state index in [1.165, 1.54) is 3.97 Å². The Labute approximate surface area is 229 Å². The summed E-state index contributed by atoms with van der Waals surface area (Å²) in [6.07, 6.45) is 1.00. The van der Waals surface area contributed by atoms with E-state index in [1.54, 1.807) is 17.3 Å². The number of nitrogens with one attached hydrogen (secondary N) is 1. The van der Waals surface area contributed by atoms with Crippen molar-refractivity contribution < 1.29 is 17.9 Å². The third-order valence-electron chi connectivity index (χ3n) is 7.77. The van der Waals surface area contributed by atoms with Crippen molar-refractivity contribution >= 4 is 16.1 Å². The van der Waals surface area contributed by atoms with Crippen LogP contribution in [0.1, 0.15) is 89.0 Å². The van der Waals surface area contributed by atoms with Gasteiger partial charge in [-0.05, 0) is 70.9 Å². The molecule has 1 aromatic carbocycles. The molecule has 0 radical (unpaired) electrons. The molecule has 0 saturated carbocycles. The Morgan fingerprint density at radius 1 is 0.921 bits per heavy atom. The molecule has 7 nitrogen and oxygen atoms in total. The third kappa shape index (κ3) is 5.73. The molecule has 4 rings (SSSR count). The number of hydrogen-bond donors (Lipinski definition) is 1. The molecule has 0 spiro atoms. The van der Waals surface area contributed by atoms with Gasteiger partial charge in [-0.25, -0.2) is 3.97 Å². The van der Waals surface area contributed by atoms with E-state index in [0.29, 0.717) is 43.3 Å². The van der Waals surface area contributed by atoms with Crippen LogP contribution >= 0.6 is 0 Å². The third-order valence-corrected chi connectivity index (χ3v) is 9.65. The zero-order chi connectivity index (χ0) is 28.2. The maximum Gasteiger partial charge on any atom is 0.308 e. The van der Waals surface area contributed by atoms with Gasteiger partial charge in [0.05, 0.1) is 30.5 Å². The van der Waals surface area contributed by atoms with Gasteiger partial charge in [0.15, 0.2) is 0 Å². The van der Waals surface area contributed by atoms with E-state index in [0.717, 1.165) is 23.1 Å². The van der Waals surface area contributed by atoms with Gasteiger partial charge in [-0.15, -0.1) is 0 Å². The van der Waals surface area contributed by atoms with Crippen molar-refractivity contribution in [1.82, 2.24) is 13.6 Å². The number of carbonyl (C=O) groups is 1. The highest BCUT2D eigenvalue weighted by molar-refractivity contribution is 7.87. The number of hydrogen-bond acceptors (Lipinski definition) is 4. The van der Waals surface area contributed by atoms with Crippen LogP contribution in [-0.4, -0.2) is 54.9 Å². The summed E-state index contributed by atoms with van der Waals surface area (Å²) in [5.41, 5.74) is 4.13. The van der Waals surface area contributed by atoms with Crippen LogP contribution in [0, 0.1) is 18.8 Å². The average Bonchev–Trinajstić information content (AvgIpc) is 3.12. The molecule has 2 saturated heterocycles. The molecule has 2 atom stereocenters. The minimum absolute atomic E-state index is 0.0502. The minimum atomic E-state index is -3.92. The van der Waals surface area contributed by atoms with Crippen molar-refractivity contribution in [2.24, 2.45) is 11.8 Å². The Morgan fingerprint density at radius 3 is 1.89 bits per heavy atom. The molecule has 38 heavy (non-hydrogen) atoms. The molecule has 0 aliphatic carbocycles. The van der Waals surface area contributed by atoms with Crippen molar-refractivity contribution in [3.05, 3.63) is 46.6 Å². The van der Waals surface area contributed by atoms with E-state index in [2.05, 4.69) is 78.9 Å². The molecule has 2 fully saturated rings. The van der Waals surface area contributed by atoms with Gasteiger partial charge in [-0.1, -0.05) is 61.5 Å². The maximum absolute atomic E-state index is 14.3. The van der Waals surface area contributed by atoms with Gasteiger partial charge in [0.25, 0.3) is 5.91 Å². The van der Waals surface area contributed by atoms with Gasteiger partial charge >= 0.3 is 10.2 Å². The summed E-state index contributed by atoms with van der Waals surface area (Å²) in [5.74, 6) is 0.270. The van der Waals surface area contributed by atoms with Crippen LogP contribution in [0.25, 0.3) is 11.3 Å². The molecule has 2 aromatic rings. The zero-order valence-corrected chi connectivity index (χ0v) is 25.3. The Bertz CT molecular complexity index is 1270. The van der Waals surface area contributed by atoms with Crippen LogP contribution in [0.5, 0.6) is 0 Å². The number of ether oxygens (including phenoxy) is 1. The number of aromatic nitrogens is 1. The van der Waals surface area contributed by atoms with Crippen molar-refractivity contribution in [3.8, 4) is 11.3 Å². The Balaban J connectivity index is 1.94. The first-order valence-corrected chi connectivity index (χ1v) is 15.2. The summed E-state index contributed by atoms with van der Waals surface area (Å²) in [6, 6.07) is 8.09. The van der Waals surface area contributed by atoms with Crippen LogP contribution in [0.3, 0.4) is 0 Å². The second-order valence-electron chi connectivity index (χ2n) is 13.6. The van der Waals surface area contributed by atoms with Crippen LogP contribution < -0.4 is 5.32 Å². The fourth-order valence-electron chi connectivity index (χ4n) is 5.45. The van der Waals surface area contributed by atoms with E-state index in [9.17, 15) is 13.2 Å². The molecule has 2 aliphatic heterocycles. The van der Waals surface area contributed by atoms with Gasteiger partial charge in [0.1, 0.15) is 0 Å². The van der Waals surface area contributed by atoms with Crippen LogP contribution in [0.2, 0.25) is 0 Å². The predicted octanol–water partition coefficient (Wildman–Crippen LogP) is 5.26. The molecular formula is C30H45N3O4S. The molecule has 3 heterocycles. The SMILES string of the molecule is Cc1c(C(=O)NC2COC2)cc(-c2cc(C(C)(C)C)cc(C(C)(C)C)c2)n1S(=O)(=O)N1CC(C)CC(C)C1. The second kappa shape index (κ2) is 10.1. The van der Waals surface area contributed by atoms with Gasteiger partial charge in [-0.3, -0.25) is 4.79 Å². The first kappa shape index (κ1) is 28.8. The normalized spacial score (nSPS) is 21.8. The summed E-state index contributed by atoms with van der Waals surface area (Å²) >= 11 is 0. The molecular weight excluding hydrogens is 498 g/mol. The summed E-state index contributed by atoms with van der Waals surface area (Å²) < 4.78 is 36.9. The largest absolute Gasteiger partial charge is 0.377 e. The van der Waals surface area contributed by atoms with Crippen molar-refractivity contribution in [2.75, 3.05) is 26.3 Å². The maximum atomic E-state index is 14.3. The molecule has 2 unspecified atom stereocenters. The first-order valence-electron chi connectivity index (χ1n) is 13.8. The fourth-order valence-corrected chi connectivity index (χ4v) is 7.42. The molecule has 1 N–H and O–H groups in total. The number of carbonyl (C=O) groups excluding carboxylic acids is 1. The number of amides is 1. The van der Waals surface area contributed by atoms with Crippen LogP contribution in [0.4, 0.5) is 0 Å². The minimum Gasteiger partial charge on any atom is -0.377 e. The second-order valence-corrected chi connectivity index (χ2v) is 15.3. The van der Waals surface area contributed by atoms with Crippen LogP contribution in [0.15, 0.2) is 24.3 Å². The molecule has 8 heteroatoms. The predicted molar refractivity (Wildman–Crippen MR) is 153 cm³/mol. The standard InChI is InChI=1S/C30H45N3O4S/c1-19-10-20(2)16-32(15-19)38(35,36)33-21(3)26(28(34)31-25-17-37-18-25)14-27(33)22-11-23(29(4,5)6)13-24(12-22)30(7,8)9/h11-14,19-20,25H,10,15-18H2,1-9H3,(H,31,34). The summed E-state index contributed by atoms with van der Waals surface area (Å²) in [6.45, 7) is 20.8. The number of benzene rings is 1. The van der Waals surface area contributed by atoms with Gasteiger partial charge < -0.3 is 10.1 Å². The molecule has 0 bridgehead atoms. The zero-order valence-electron chi connectivity index (χ0n) is 24.5. The number of nitrogens with zero attached hydrogens (tertiary/aromatic N) is 2. The van der Waals surface area contributed by atoms with E-state index in [-0.39, 0.29) is 34.6 Å². The highest BCUT2D eigenvalue weighted by Crippen LogP contribution is 2.37. The van der Waals surface area contributed by atoms with Crippen molar-refractivity contribution in [3.63, 3.8) is 0 Å². The lowest BCUT2D eigenvalue weighted by Crippen LogP contribution is -2.48. The van der Waals surface area contributed by atoms with E-state index in [4.69, 9.17) is 4.74 Å². The van der Waals surface area contributed by atoms with E-state index >= 15 is 0 Å². The van der Waals surface area contributed by atoms with Crippen molar-refractivity contribution in [2.45, 2.75) is 85.6 Å². The summed E-state index contributed by atoms with van der Waals surface area (Å²) in [7, 11) is -3.92. The lowest BCUT2D eigenvalue weighted by Gasteiger charge is -2.35. The fraction of sp³-hybridized carbons (Fsp3) is 0.633. The van der Waals surface area contributed by atoms with Gasteiger partial charge in [0, 0.05) is 18.8 Å². The monoisotopic (exact) mass is 543 g/mol. The lowest BCUT2D eigenvalue weighted by molar-refractivity contribution is -0.00347. The van der Waals surface area contributed by atoms with E-state index in [1.807, 2.05) is 0 Å². The highest BCUT2D eigenvalue weighted by atomic mass is 32.2. The number of piperidine rings is 1. The Morgan fingerprint density at radius 2 is 1.45 bits per heavy atom. The quantitative estimate of drug-likeness (QED) is 0.558. The Kier molecular flexibility index (Phi) is 7.67. The topological polar surface area (TPSA) is 80.6 Å². The average molecular weight is 544 g/mol. The van der Waals surface area contributed by atoms with Gasteiger partial charge in [-0.2, -0.15) is 12.7 Å². The van der Waals surface area contributed by atoms with E-state index < -0.39 is 10.2 Å². The van der Waals surface area contributed by atoms with Crippen LogP contribution in [-0.2, 0) is 25.8 Å². The first-order chi connectivity index (χ1) is 17.5. The smallest absolute Gasteiger partial charge is 0.308 e. The summed E-state index contributed by atoms with van der Waals surface area (Å²) in [4.78, 5) is 13.3. The number of rotatable bonds is 5. The molecule has 1 amide bonds. The Hall–Kier alpha value is -2.16. The lowest BCUT2D eigenvalue weighted by atomic mass is 9.79. The molecule has 210 valence electrons.